The molecule has 1 aromatic carbocycles. The molecule has 0 aromatic heterocycles. The lowest BCUT2D eigenvalue weighted by molar-refractivity contribution is 0.751. The van der Waals surface area contributed by atoms with Crippen molar-refractivity contribution in [1.29, 1.82) is 0 Å². The van der Waals surface area contributed by atoms with Crippen molar-refractivity contribution in [1.82, 2.24) is 0 Å². The van der Waals surface area contributed by atoms with E-state index in [1.165, 1.54) is 22.4 Å². The van der Waals surface area contributed by atoms with E-state index in [9.17, 15) is 0 Å². The summed E-state index contributed by atoms with van der Waals surface area (Å²) in [6.45, 7) is 11.0. The van der Waals surface area contributed by atoms with E-state index < -0.39 is 0 Å². The van der Waals surface area contributed by atoms with Crippen LogP contribution in [0.15, 0.2) is 12.1 Å². The zero-order valence-corrected chi connectivity index (χ0v) is 10.2. The fourth-order valence-electron chi connectivity index (χ4n) is 1.66. The van der Waals surface area contributed by atoms with Crippen molar-refractivity contribution in [3.63, 3.8) is 0 Å². The van der Waals surface area contributed by atoms with Gasteiger partial charge in [-0.05, 0) is 57.4 Å². The topological polar surface area (TPSA) is 3.24 Å². The maximum Gasteiger partial charge on any atom is 0.0400 e. The van der Waals surface area contributed by atoms with Gasteiger partial charge in [0.05, 0.1) is 0 Å². The van der Waals surface area contributed by atoms with Gasteiger partial charge in [-0.2, -0.15) is 0 Å². The highest BCUT2D eigenvalue weighted by Crippen LogP contribution is 2.25. The van der Waals surface area contributed by atoms with Crippen LogP contribution < -0.4 is 4.90 Å². The first-order chi connectivity index (χ1) is 6.43. The molecule has 14 heavy (non-hydrogen) atoms. The van der Waals surface area contributed by atoms with Crippen LogP contribution >= 0.6 is 0 Å². The van der Waals surface area contributed by atoms with Crippen molar-refractivity contribution in [2.24, 2.45) is 0 Å². The third-order valence-electron chi connectivity index (χ3n) is 2.94. The fourth-order valence-corrected chi connectivity index (χ4v) is 1.66. The smallest absolute Gasteiger partial charge is 0.0400 e. The quantitative estimate of drug-likeness (QED) is 0.692. The molecule has 0 saturated carbocycles. The first kappa shape index (κ1) is 11.1. The highest BCUT2D eigenvalue weighted by molar-refractivity contribution is 5.57. The van der Waals surface area contributed by atoms with Crippen molar-refractivity contribution >= 4 is 5.69 Å². The number of anilines is 1. The molecule has 1 heteroatoms. The Morgan fingerprint density at radius 1 is 1.07 bits per heavy atom. The second kappa shape index (κ2) is 4.04. The van der Waals surface area contributed by atoms with E-state index in [1.807, 2.05) is 0 Å². The van der Waals surface area contributed by atoms with E-state index in [1.54, 1.807) is 0 Å². The van der Waals surface area contributed by atoms with Gasteiger partial charge in [0, 0.05) is 18.8 Å². The van der Waals surface area contributed by atoms with Crippen LogP contribution in [-0.4, -0.2) is 13.1 Å². The molecule has 0 fully saturated rings. The number of aryl methyl sites for hydroxylation is 2. The Kier molecular flexibility index (Phi) is 3.20. The van der Waals surface area contributed by atoms with Gasteiger partial charge >= 0.3 is 0 Å². The number of hydrogen-bond donors (Lipinski definition) is 0. The van der Waals surface area contributed by atoms with Gasteiger partial charge in [0.15, 0.2) is 0 Å². The number of rotatable bonds is 2. The summed E-state index contributed by atoms with van der Waals surface area (Å²) in [6.07, 6.45) is 0. The van der Waals surface area contributed by atoms with Gasteiger partial charge in [0.25, 0.3) is 0 Å². The molecular formula is C13H21N. The molecule has 0 heterocycles. The van der Waals surface area contributed by atoms with Gasteiger partial charge in [-0.1, -0.05) is 6.07 Å². The first-order valence-corrected chi connectivity index (χ1v) is 5.24. The van der Waals surface area contributed by atoms with Crippen LogP contribution in [0.3, 0.4) is 0 Å². The zero-order chi connectivity index (χ0) is 10.9. The molecule has 0 radical (unpaired) electrons. The summed E-state index contributed by atoms with van der Waals surface area (Å²) in [5.41, 5.74) is 5.48. The molecule has 0 N–H and O–H groups in total. The minimum absolute atomic E-state index is 0.551. The highest BCUT2D eigenvalue weighted by atomic mass is 15.1. The fraction of sp³-hybridized carbons (Fsp3) is 0.538. The van der Waals surface area contributed by atoms with Crippen LogP contribution in [-0.2, 0) is 0 Å². The molecule has 78 valence electrons. The van der Waals surface area contributed by atoms with Crippen molar-refractivity contribution in [3.8, 4) is 0 Å². The summed E-state index contributed by atoms with van der Waals surface area (Å²) < 4.78 is 0. The second-order valence-corrected chi connectivity index (χ2v) is 4.43. The Bertz CT molecular complexity index is 326. The Hall–Kier alpha value is -0.980. The SMILES string of the molecule is Cc1cc(C)c(C)c(N(C)C(C)C)c1. The molecule has 0 unspecified atom stereocenters. The third kappa shape index (κ3) is 2.09. The maximum atomic E-state index is 2.33. The lowest BCUT2D eigenvalue weighted by Crippen LogP contribution is -2.26. The predicted octanol–water partition coefficient (Wildman–Crippen LogP) is 3.46. The highest BCUT2D eigenvalue weighted by Gasteiger charge is 2.09. The lowest BCUT2D eigenvalue weighted by Gasteiger charge is -2.27. The maximum absolute atomic E-state index is 2.33. The Labute approximate surface area is 87.7 Å². The van der Waals surface area contributed by atoms with E-state index in [0.717, 1.165) is 0 Å². The molecule has 0 aliphatic carbocycles. The molecule has 1 rings (SSSR count). The third-order valence-corrected chi connectivity index (χ3v) is 2.94. The van der Waals surface area contributed by atoms with Crippen molar-refractivity contribution in [3.05, 3.63) is 28.8 Å². The molecular weight excluding hydrogens is 170 g/mol. The zero-order valence-electron chi connectivity index (χ0n) is 10.2. The summed E-state index contributed by atoms with van der Waals surface area (Å²) >= 11 is 0. The van der Waals surface area contributed by atoms with Crippen LogP contribution in [0.25, 0.3) is 0 Å². The number of benzene rings is 1. The summed E-state index contributed by atoms with van der Waals surface area (Å²) in [7, 11) is 2.16. The van der Waals surface area contributed by atoms with Gasteiger partial charge in [-0.25, -0.2) is 0 Å². The van der Waals surface area contributed by atoms with E-state index in [2.05, 4.69) is 58.7 Å². The molecule has 0 aliphatic heterocycles. The Morgan fingerprint density at radius 2 is 1.64 bits per heavy atom. The first-order valence-electron chi connectivity index (χ1n) is 5.24. The Morgan fingerprint density at radius 3 is 2.14 bits per heavy atom. The van der Waals surface area contributed by atoms with Crippen LogP contribution in [0.5, 0.6) is 0 Å². The van der Waals surface area contributed by atoms with E-state index in [-0.39, 0.29) is 0 Å². The predicted molar refractivity (Wildman–Crippen MR) is 64.2 cm³/mol. The number of nitrogens with zero attached hydrogens (tertiary/aromatic N) is 1. The molecule has 0 amide bonds. The monoisotopic (exact) mass is 191 g/mol. The van der Waals surface area contributed by atoms with Gasteiger partial charge in [-0.15, -0.1) is 0 Å². The van der Waals surface area contributed by atoms with Crippen molar-refractivity contribution < 1.29 is 0 Å². The summed E-state index contributed by atoms with van der Waals surface area (Å²) in [5.74, 6) is 0. The Balaban J connectivity index is 3.20. The normalized spacial score (nSPS) is 10.8. The van der Waals surface area contributed by atoms with E-state index in [4.69, 9.17) is 0 Å². The van der Waals surface area contributed by atoms with Gasteiger partial charge in [0.2, 0.25) is 0 Å². The summed E-state index contributed by atoms with van der Waals surface area (Å²) in [5, 5.41) is 0. The molecule has 1 aromatic rings. The van der Waals surface area contributed by atoms with Crippen LogP contribution in [0.2, 0.25) is 0 Å². The molecule has 0 saturated heterocycles. The largest absolute Gasteiger partial charge is 0.372 e. The van der Waals surface area contributed by atoms with E-state index >= 15 is 0 Å². The van der Waals surface area contributed by atoms with Crippen LogP contribution in [0, 0.1) is 20.8 Å². The van der Waals surface area contributed by atoms with E-state index in [0.29, 0.717) is 6.04 Å². The minimum Gasteiger partial charge on any atom is -0.372 e. The standard InChI is InChI=1S/C13H21N/c1-9(2)14(6)13-8-10(3)7-11(4)12(13)5/h7-9H,1-6H3. The van der Waals surface area contributed by atoms with Gasteiger partial charge in [0.1, 0.15) is 0 Å². The average Bonchev–Trinajstić information content (AvgIpc) is 2.09. The van der Waals surface area contributed by atoms with Crippen LogP contribution in [0.1, 0.15) is 30.5 Å². The molecule has 0 spiro atoms. The van der Waals surface area contributed by atoms with Crippen molar-refractivity contribution in [2.75, 3.05) is 11.9 Å². The van der Waals surface area contributed by atoms with Gasteiger partial charge < -0.3 is 4.90 Å². The lowest BCUT2D eigenvalue weighted by atomic mass is 10.0. The van der Waals surface area contributed by atoms with Crippen LogP contribution in [0.4, 0.5) is 5.69 Å². The summed E-state index contributed by atoms with van der Waals surface area (Å²) in [6, 6.07) is 5.06. The average molecular weight is 191 g/mol. The molecule has 1 nitrogen and oxygen atoms in total. The summed E-state index contributed by atoms with van der Waals surface area (Å²) in [4.78, 5) is 2.33. The molecule has 0 atom stereocenters. The minimum atomic E-state index is 0.551. The number of hydrogen-bond acceptors (Lipinski definition) is 1. The molecule has 0 bridgehead atoms. The second-order valence-electron chi connectivity index (χ2n) is 4.43. The van der Waals surface area contributed by atoms with Gasteiger partial charge in [-0.3, -0.25) is 0 Å². The molecule has 0 aliphatic rings. The van der Waals surface area contributed by atoms with Crippen molar-refractivity contribution in [2.45, 2.75) is 40.7 Å².